The normalized spacial score (nSPS) is 20.6. The zero-order chi connectivity index (χ0) is 23.8. The molecule has 3 aliphatic rings. The zero-order valence-corrected chi connectivity index (χ0v) is 20.4. The third-order valence-electron chi connectivity index (χ3n) is 7.83. The van der Waals surface area contributed by atoms with Crippen LogP contribution in [0, 0.1) is 6.92 Å². The van der Waals surface area contributed by atoms with E-state index in [0.29, 0.717) is 18.2 Å². The van der Waals surface area contributed by atoms with E-state index in [1.807, 2.05) is 37.4 Å². The molecule has 2 N–H and O–H groups in total. The van der Waals surface area contributed by atoms with Crippen molar-refractivity contribution in [3.05, 3.63) is 77.0 Å². The zero-order valence-electron chi connectivity index (χ0n) is 20.4. The number of ether oxygens (including phenoxy) is 1. The summed E-state index contributed by atoms with van der Waals surface area (Å²) >= 11 is 0. The molecule has 0 radical (unpaired) electrons. The topological polar surface area (TPSA) is 63.2 Å². The number of nitrogens with one attached hydrogen (secondary N) is 2. The standard InChI is InChI=1S/C30H33N3O2/c1-20-9-10-24(35-19-23-11-15-31-23)18-26(20)29(34)33-30(12-13-30)27-16-22(21-6-3-2-4-7-21)17-28-25(27)8-5-14-32-28/h5-6,8-10,14,16-18,23,31H,2-4,7,11-13,15,19H2,1H3,(H,33,34). The molecule has 2 heterocycles. The molecule has 5 heteroatoms. The maximum absolute atomic E-state index is 13.6. The fourth-order valence-corrected chi connectivity index (χ4v) is 5.36. The summed E-state index contributed by atoms with van der Waals surface area (Å²) in [6.07, 6.45) is 12.0. The quantitative estimate of drug-likeness (QED) is 0.471. The summed E-state index contributed by atoms with van der Waals surface area (Å²) in [5.41, 5.74) is 6.16. The molecule has 1 unspecified atom stereocenters. The van der Waals surface area contributed by atoms with Crippen molar-refractivity contribution in [2.45, 2.75) is 63.5 Å². The minimum atomic E-state index is -0.344. The lowest BCUT2D eigenvalue weighted by molar-refractivity contribution is 0.0930. The molecule has 2 aliphatic carbocycles. The van der Waals surface area contributed by atoms with Gasteiger partial charge in [-0.25, -0.2) is 0 Å². The van der Waals surface area contributed by atoms with E-state index in [9.17, 15) is 4.79 Å². The summed E-state index contributed by atoms with van der Waals surface area (Å²) < 4.78 is 5.97. The highest BCUT2D eigenvalue weighted by molar-refractivity contribution is 5.97. The molecule has 2 aromatic carbocycles. The van der Waals surface area contributed by atoms with Crippen LogP contribution in [-0.4, -0.2) is 30.1 Å². The van der Waals surface area contributed by atoms with Crippen LogP contribution in [0.25, 0.3) is 16.5 Å². The minimum absolute atomic E-state index is 0.0356. The molecule has 0 spiro atoms. The summed E-state index contributed by atoms with van der Waals surface area (Å²) in [5.74, 6) is 0.715. The first kappa shape index (κ1) is 22.3. The molecule has 0 bridgehead atoms. The number of hydrogen-bond donors (Lipinski definition) is 2. The van der Waals surface area contributed by atoms with E-state index in [-0.39, 0.29) is 11.4 Å². The third-order valence-corrected chi connectivity index (χ3v) is 7.83. The number of carbonyl (C=O) groups is 1. The first-order chi connectivity index (χ1) is 17.1. The lowest BCUT2D eigenvalue weighted by atomic mass is 9.89. The van der Waals surface area contributed by atoms with Gasteiger partial charge >= 0.3 is 0 Å². The van der Waals surface area contributed by atoms with Gasteiger partial charge < -0.3 is 15.4 Å². The van der Waals surface area contributed by atoms with E-state index in [0.717, 1.165) is 60.9 Å². The molecule has 2 fully saturated rings. The highest BCUT2D eigenvalue weighted by Crippen LogP contribution is 2.49. The van der Waals surface area contributed by atoms with Crippen molar-refractivity contribution < 1.29 is 9.53 Å². The van der Waals surface area contributed by atoms with Crippen LogP contribution in [0.5, 0.6) is 5.75 Å². The number of allylic oxidation sites excluding steroid dienone is 2. The largest absolute Gasteiger partial charge is 0.492 e. The number of rotatable bonds is 7. The molecule has 3 aromatic rings. The Labute approximate surface area is 207 Å². The second kappa shape index (κ2) is 9.12. The summed E-state index contributed by atoms with van der Waals surface area (Å²) in [6, 6.07) is 14.9. The molecule has 180 valence electrons. The number of fused-ring (bicyclic) bond motifs is 1. The van der Waals surface area contributed by atoms with Gasteiger partial charge in [0, 0.05) is 23.2 Å². The van der Waals surface area contributed by atoms with E-state index in [1.54, 1.807) is 0 Å². The average Bonchev–Trinajstić information content (AvgIpc) is 3.64. The maximum atomic E-state index is 13.6. The molecule has 1 saturated heterocycles. The second-order valence-electron chi connectivity index (χ2n) is 10.3. The second-order valence-corrected chi connectivity index (χ2v) is 10.3. The Balaban J connectivity index is 1.30. The molecule has 5 nitrogen and oxygen atoms in total. The molecule has 1 amide bonds. The molecular formula is C30H33N3O2. The molecule has 6 rings (SSSR count). The summed E-state index contributed by atoms with van der Waals surface area (Å²) in [6.45, 7) is 3.68. The van der Waals surface area contributed by atoms with Crippen molar-refractivity contribution in [1.29, 1.82) is 0 Å². The molecule has 1 atom stereocenters. The fourth-order valence-electron chi connectivity index (χ4n) is 5.36. The predicted octanol–water partition coefficient (Wildman–Crippen LogP) is 5.66. The van der Waals surface area contributed by atoms with E-state index in [2.05, 4.69) is 39.9 Å². The SMILES string of the molecule is Cc1ccc(OCC2CCN2)cc1C(=O)NC1(c2cc(C3=CCCCC3)cc3ncccc23)CC1. The van der Waals surface area contributed by atoms with Crippen molar-refractivity contribution in [3.63, 3.8) is 0 Å². The van der Waals surface area contributed by atoms with E-state index in [1.165, 1.54) is 29.5 Å². The number of amides is 1. The van der Waals surface area contributed by atoms with Gasteiger partial charge in [0.05, 0.1) is 11.1 Å². The smallest absolute Gasteiger partial charge is 0.252 e. The lowest BCUT2D eigenvalue weighted by Gasteiger charge is -2.27. The Bertz CT molecular complexity index is 1300. The van der Waals surface area contributed by atoms with Crippen LogP contribution in [0.4, 0.5) is 0 Å². The number of carbonyl (C=O) groups excluding carboxylic acids is 1. The fraction of sp³-hybridized carbons (Fsp3) is 0.400. The molecule has 1 aliphatic heterocycles. The van der Waals surface area contributed by atoms with E-state index >= 15 is 0 Å². The van der Waals surface area contributed by atoms with Crippen molar-refractivity contribution >= 4 is 22.4 Å². The number of nitrogens with zero attached hydrogens (tertiary/aromatic N) is 1. The van der Waals surface area contributed by atoms with Gasteiger partial charge in [0.15, 0.2) is 0 Å². The minimum Gasteiger partial charge on any atom is -0.492 e. The van der Waals surface area contributed by atoms with Crippen molar-refractivity contribution in [1.82, 2.24) is 15.6 Å². The summed E-state index contributed by atoms with van der Waals surface area (Å²) in [7, 11) is 0. The Hall–Kier alpha value is -3.18. The van der Waals surface area contributed by atoms with Crippen LogP contribution in [0.3, 0.4) is 0 Å². The van der Waals surface area contributed by atoms with Crippen LogP contribution < -0.4 is 15.4 Å². The average molecular weight is 468 g/mol. The van der Waals surface area contributed by atoms with Crippen LogP contribution >= 0.6 is 0 Å². The van der Waals surface area contributed by atoms with Gasteiger partial charge in [-0.3, -0.25) is 9.78 Å². The first-order valence-electron chi connectivity index (χ1n) is 13.0. The molecule has 35 heavy (non-hydrogen) atoms. The predicted molar refractivity (Wildman–Crippen MR) is 140 cm³/mol. The van der Waals surface area contributed by atoms with Gasteiger partial charge in [-0.2, -0.15) is 0 Å². The monoisotopic (exact) mass is 467 g/mol. The summed E-state index contributed by atoms with van der Waals surface area (Å²) in [5, 5.41) is 7.91. The Morgan fingerprint density at radius 2 is 2.09 bits per heavy atom. The number of pyridine rings is 1. The van der Waals surface area contributed by atoms with Gasteiger partial charge in [0.1, 0.15) is 12.4 Å². The van der Waals surface area contributed by atoms with Crippen molar-refractivity contribution in [2.24, 2.45) is 0 Å². The number of aromatic nitrogens is 1. The van der Waals surface area contributed by atoms with E-state index in [4.69, 9.17) is 4.74 Å². The van der Waals surface area contributed by atoms with Crippen molar-refractivity contribution in [2.75, 3.05) is 13.2 Å². The van der Waals surface area contributed by atoms with Gasteiger partial charge in [0.2, 0.25) is 0 Å². The van der Waals surface area contributed by atoms with Gasteiger partial charge in [-0.15, -0.1) is 0 Å². The highest BCUT2D eigenvalue weighted by atomic mass is 16.5. The highest BCUT2D eigenvalue weighted by Gasteiger charge is 2.47. The van der Waals surface area contributed by atoms with Crippen molar-refractivity contribution in [3.8, 4) is 5.75 Å². The Morgan fingerprint density at radius 1 is 1.20 bits per heavy atom. The van der Waals surface area contributed by atoms with Crippen LogP contribution in [0.15, 0.2) is 54.7 Å². The van der Waals surface area contributed by atoms with Gasteiger partial charge in [-0.05, 0) is 111 Å². The lowest BCUT2D eigenvalue weighted by Crippen LogP contribution is -2.46. The van der Waals surface area contributed by atoms with Crippen LogP contribution in [-0.2, 0) is 5.54 Å². The summed E-state index contributed by atoms with van der Waals surface area (Å²) in [4.78, 5) is 18.3. The number of hydrogen-bond acceptors (Lipinski definition) is 4. The maximum Gasteiger partial charge on any atom is 0.252 e. The Morgan fingerprint density at radius 3 is 2.83 bits per heavy atom. The first-order valence-corrected chi connectivity index (χ1v) is 13.0. The van der Waals surface area contributed by atoms with Gasteiger partial charge in [-0.1, -0.05) is 18.2 Å². The third kappa shape index (κ3) is 4.45. The molecule has 1 aromatic heterocycles. The van der Waals surface area contributed by atoms with E-state index < -0.39 is 0 Å². The molecular weight excluding hydrogens is 434 g/mol. The van der Waals surface area contributed by atoms with Crippen LogP contribution in [0.2, 0.25) is 0 Å². The van der Waals surface area contributed by atoms with Gasteiger partial charge in [0.25, 0.3) is 5.91 Å². The Kier molecular flexibility index (Phi) is 5.81. The molecule has 1 saturated carbocycles. The van der Waals surface area contributed by atoms with Crippen LogP contribution in [0.1, 0.15) is 72.0 Å². The number of benzene rings is 2. The number of aryl methyl sites for hydroxylation is 1.